The fourth-order valence-corrected chi connectivity index (χ4v) is 3.42. The van der Waals surface area contributed by atoms with E-state index in [4.69, 9.17) is 14.5 Å². The molecule has 1 aliphatic rings. The van der Waals surface area contributed by atoms with Crippen LogP contribution in [0.3, 0.4) is 0 Å². The van der Waals surface area contributed by atoms with Crippen molar-refractivity contribution in [2.24, 2.45) is 4.99 Å². The largest absolute Gasteiger partial charge is 0.494 e. The number of ketones is 1. The van der Waals surface area contributed by atoms with Crippen molar-refractivity contribution in [1.29, 1.82) is 0 Å². The topological polar surface area (TPSA) is 73.7 Å². The van der Waals surface area contributed by atoms with Gasteiger partial charge < -0.3 is 9.47 Å². The second kappa shape index (κ2) is 8.75. The predicted octanol–water partition coefficient (Wildman–Crippen LogP) is 5.09. The summed E-state index contributed by atoms with van der Waals surface area (Å²) >= 11 is 0. The van der Waals surface area contributed by atoms with Crippen LogP contribution in [0.1, 0.15) is 22.5 Å². The van der Waals surface area contributed by atoms with Gasteiger partial charge in [0, 0.05) is 17.3 Å². The van der Waals surface area contributed by atoms with E-state index < -0.39 is 0 Å². The molecule has 4 rings (SSSR count). The number of carbonyl (C=O) groups excluding carboxylic acids is 1. The Kier molecular flexibility index (Phi) is 5.71. The lowest BCUT2D eigenvalue weighted by Crippen LogP contribution is -2.09. The highest BCUT2D eigenvalue weighted by Crippen LogP contribution is 2.43. The monoisotopic (exact) mass is 411 g/mol. The van der Waals surface area contributed by atoms with Gasteiger partial charge in [0.1, 0.15) is 17.1 Å². The van der Waals surface area contributed by atoms with Crippen LogP contribution >= 0.6 is 0 Å². The number of carbonyl (C=O) groups is 1. The molecule has 0 bridgehead atoms. The number of benzene rings is 2. The van der Waals surface area contributed by atoms with Crippen molar-refractivity contribution in [1.82, 2.24) is 10.2 Å². The fourth-order valence-electron chi connectivity index (χ4n) is 3.42. The van der Waals surface area contributed by atoms with E-state index in [2.05, 4.69) is 16.8 Å². The van der Waals surface area contributed by atoms with E-state index in [0.29, 0.717) is 23.0 Å². The van der Waals surface area contributed by atoms with Crippen LogP contribution in [-0.4, -0.2) is 35.9 Å². The lowest BCUT2D eigenvalue weighted by Gasteiger charge is -2.15. The molecule has 0 saturated heterocycles. The number of hydrogen-bond donors (Lipinski definition) is 0. The number of ether oxygens (including phenoxy) is 2. The molecule has 31 heavy (non-hydrogen) atoms. The molecule has 0 N–H and O–H groups in total. The highest BCUT2D eigenvalue weighted by molar-refractivity contribution is 6.15. The van der Waals surface area contributed by atoms with Gasteiger partial charge in [-0.25, -0.2) is 4.99 Å². The summed E-state index contributed by atoms with van der Waals surface area (Å²) in [6, 6.07) is 17.1. The third-order valence-electron chi connectivity index (χ3n) is 4.98. The van der Waals surface area contributed by atoms with Gasteiger partial charge >= 0.3 is 0 Å². The first-order valence-electron chi connectivity index (χ1n) is 9.73. The molecule has 0 amide bonds. The Morgan fingerprint density at radius 3 is 2.42 bits per heavy atom. The number of methoxy groups -OCH3 is 2. The second-order valence-corrected chi connectivity index (χ2v) is 6.93. The minimum Gasteiger partial charge on any atom is -0.494 e. The molecule has 154 valence electrons. The summed E-state index contributed by atoms with van der Waals surface area (Å²) in [5.41, 5.74) is 5.23. The van der Waals surface area contributed by atoms with Gasteiger partial charge in [0.25, 0.3) is 0 Å². The van der Waals surface area contributed by atoms with E-state index in [-0.39, 0.29) is 17.9 Å². The minimum absolute atomic E-state index is 0.0724. The van der Waals surface area contributed by atoms with Crippen molar-refractivity contribution >= 4 is 22.8 Å². The first-order valence-corrected chi connectivity index (χ1v) is 9.73. The fraction of sp³-hybridized carbons (Fsp3) is 0.120. The molecule has 2 heterocycles. The van der Waals surface area contributed by atoms with Gasteiger partial charge in [-0.1, -0.05) is 43.0 Å². The molecule has 0 aliphatic carbocycles. The van der Waals surface area contributed by atoms with E-state index in [1.165, 1.54) is 7.11 Å². The quantitative estimate of drug-likeness (QED) is 0.528. The van der Waals surface area contributed by atoms with E-state index in [1.807, 2.05) is 54.6 Å². The Morgan fingerprint density at radius 1 is 0.935 bits per heavy atom. The van der Waals surface area contributed by atoms with Gasteiger partial charge in [0.05, 0.1) is 20.6 Å². The zero-order chi connectivity index (χ0) is 21.8. The molecule has 3 aromatic rings. The highest BCUT2D eigenvalue weighted by Gasteiger charge is 2.20. The molecular weight excluding hydrogens is 390 g/mol. The van der Waals surface area contributed by atoms with Crippen LogP contribution in [0.15, 0.2) is 78.3 Å². The summed E-state index contributed by atoms with van der Waals surface area (Å²) in [6.07, 6.45) is 3.76. The zero-order valence-corrected chi connectivity index (χ0v) is 17.3. The maximum Gasteiger partial charge on any atom is 0.233 e. The zero-order valence-electron chi connectivity index (χ0n) is 17.3. The lowest BCUT2D eigenvalue weighted by molar-refractivity contribution is 0.0995. The van der Waals surface area contributed by atoms with Gasteiger partial charge in [-0.3, -0.25) is 4.79 Å². The van der Waals surface area contributed by atoms with Crippen LogP contribution in [0.2, 0.25) is 0 Å². The first kappa shape index (κ1) is 20.2. The minimum atomic E-state index is -0.189. The van der Waals surface area contributed by atoms with Gasteiger partial charge in [-0.05, 0) is 41.0 Å². The standard InChI is InChI=1S/C25H21N3O3/c1-16-9-10-18(15-21(29)20-12-14-23(31-3)28-27-20)26-25-22(30-2)13-11-19(24(16)25)17-7-5-4-6-8-17/h4-14H,1,15H2,2-3H3. The number of rotatable bonds is 6. The van der Waals surface area contributed by atoms with Crippen LogP contribution in [0.25, 0.3) is 16.7 Å². The third kappa shape index (κ3) is 4.14. The number of Topliss-reactive ketones (excluding diaryl/α,β-unsaturated/α-hetero) is 1. The summed E-state index contributed by atoms with van der Waals surface area (Å²) < 4.78 is 10.6. The van der Waals surface area contributed by atoms with Crippen LogP contribution in [-0.2, 0) is 0 Å². The van der Waals surface area contributed by atoms with E-state index in [9.17, 15) is 4.79 Å². The Labute approximate surface area is 180 Å². The summed E-state index contributed by atoms with van der Waals surface area (Å²) in [4.78, 5) is 17.5. The average Bonchev–Trinajstić information content (AvgIpc) is 2.98. The number of aromatic nitrogens is 2. The Morgan fingerprint density at radius 2 is 1.74 bits per heavy atom. The lowest BCUT2D eigenvalue weighted by atomic mass is 9.93. The number of allylic oxidation sites excluding steroid dienone is 3. The van der Waals surface area contributed by atoms with Crippen LogP contribution in [0, 0.1) is 0 Å². The second-order valence-electron chi connectivity index (χ2n) is 6.93. The maximum atomic E-state index is 12.7. The summed E-state index contributed by atoms with van der Waals surface area (Å²) in [6.45, 7) is 4.23. The van der Waals surface area contributed by atoms with Crippen LogP contribution < -0.4 is 9.47 Å². The van der Waals surface area contributed by atoms with Gasteiger partial charge in [0.15, 0.2) is 5.78 Å². The molecule has 0 atom stereocenters. The molecule has 2 aromatic carbocycles. The first-order chi connectivity index (χ1) is 15.1. The van der Waals surface area contributed by atoms with Crippen molar-refractivity contribution < 1.29 is 14.3 Å². The summed E-state index contributed by atoms with van der Waals surface area (Å²) in [5, 5.41) is 7.80. The molecule has 6 nitrogen and oxygen atoms in total. The molecule has 0 radical (unpaired) electrons. The number of fused-ring (bicyclic) bond motifs is 1. The van der Waals surface area contributed by atoms with Crippen molar-refractivity contribution in [3.05, 3.63) is 84.6 Å². The molecule has 1 aromatic heterocycles. The molecular formula is C25H21N3O3. The number of nitrogens with zero attached hydrogens (tertiary/aromatic N) is 3. The van der Waals surface area contributed by atoms with E-state index in [0.717, 1.165) is 22.3 Å². The third-order valence-corrected chi connectivity index (χ3v) is 4.98. The average molecular weight is 411 g/mol. The van der Waals surface area contributed by atoms with Crippen molar-refractivity contribution in [3.8, 4) is 22.8 Å². The van der Waals surface area contributed by atoms with E-state index >= 15 is 0 Å². The molecule has 0 fully saturated rings. The maximum absolute atomic E-state index is 12.7. The van der Waals surface area contributed by atoms with Crippen molar-refractivity contribution in [2.75, 3.05) is 14.2 Å². The Balaban J connectivity index is 1.75. The van der Waals surface area contributed by atoms with Crippen molar-refractivity contribution in [2.45, 2.75) is 6.42 Å². The van der Waals surface area contributed by atoms with Crippen LogP contribution in [0.5, 0.6) is 11.6 Å². The summed E-state index contributed by atoms with van der Waals surface area (Å²) in [5.74, 6) is 0.783. The normalized spacial score (nSPS) is 12.6. The number of hydrogen-bond acceptors (Lipinski definition) is 6. The predicted molar refractivity (Wildman–Crippen MR) is 121 cm³/mol. The highest BCUT2D eigenvalue weighted by atomic mass is 16.5. The van der Waals surface area contributed by atoms with E-state index in [1.54, 1.807) is 19.2 Å². The molecule has 0 spiro atoms. The van der Waals surface area contributed by atoms with Gasteiger partial charge in [-0.15, -0.1) is 10.2 Å². The summed E-state index contributed by atoms with van der Waals surface area (Å²) in [7, 11) is 3.10. The van der Waals surface area contributed by atoms with Gasteiger partial charge in [0.2, 0.25) is 5.88 Å². The SMILES string of the molecule is C=C1C=CC(CC(=O)c2ccc(OC)nn2)=Nc2c(OC)ccc(-c3ccccc3)c21. The molecule has 6 heteroatoms. The van der Waals surface area contributed by atoms with Crippen LogP contribution in [0.4, 0.5) is 5.69 Å². The Hall–Kier alpha value is -4.06. The smallest absolute Gasteiger partial charge is 0.233 e. The molecule has 0 saturated carbocycles. The Bertz CT molecular complexity index is 1200. The number of aliphatic imine (C=N–C) groups is 1. The van der Waals surface area contributed by atoms with Crippen molar-refractivity contribution in [3.63, 3.8) is 0 Å². The molecule has 1 aliphatic heterocycles. The van der Waals surface area contributed by atoms with Gasteiger partial charge in [-0.2, -0.15) is 0 Å². The molecule has 0 unspecified atom stereocenters.